The van der Waals surface area contributed by atoms with E-state index >= 15 is 0 Å². The topological polar surface area (TPSA) is 96.0 Å². The molecule has 1 aliphatic heterocycles. The Hall–Kier alpha value is -3.03. The molecule has 0 fully saturated rings. The van der Waals surface area contributed by atoms with Crippen LogP contribution in [-0.2, 0) is 4.79 Å². The van der Waals surface area contributed by atoms with Gasteiger partial charge in [0.1, 0.15) is 0 Å². The summed E-state index contributed by atoms with van der Waals surface area (Å²) in [6.45, 7) is 3.10. The number of terminal acetylenes is 1. The van der Waals surface area contributed by atoms with Gasteiger partial charge in [-0.15, -0.1) is 6.42 Å². The third-order valence-corrected chi connectivity index (χ3v) is 4.69. The summed E-state index contributed by atoms with van der Waals surface area (Å²) in [6.07, 6.45) is 5.29. The number of nitrogens with one attached hydrogen (secondary N) is 1. The summed E-state index contributed by atoms with van der Waals surface area (Å²) in [4.78, 5) is 23.1. The Bertz CT molecular complexity index is 888. The van der Waals surface area contributed by atoms with Gasteiger partial charge in [-0.2, -0.15) is 5.26 Å². The highest BCUT2D eigenvalue weighted by molar-refractivity contribution is 8.03. The average molecular weight is 353 g/mol. The van der Waals surface area contributed by atoms with Crippen LogP contribution in [0.1, 0.15) is 25.3 Å². The first-order chi connectivity index (χ1) is 11.9. The van der Waals surface area contributed by atoms with Gasteiger partial charge in [0.2, 0.25) is 0 Å². The molecule has 6 nitrogen and oxygen atoms in total. The highest BCUT2D eigenvalue weighted by atomic mass is 32.2. The van der Waals surface area contributed by atoms with Crippen LogP contribution in [0.15, 0.2) is 46.1 Å². The molecule has 1 atom stereocenters. The smallest absolute Gasteiger partial charge is 0.273 e. The molecular weight excluding hydrogens is 338 g/mol. The summed E-state index contributed by atoms with van der Waals surface area (Å²) >= 11 is 1.25. The number of rotatable bonds is 5. The third kappa shape index (κ3) is 3.57. The Morgan fingerprint density at radius 1 is 1.48 bits per heavy atom. The van der Waals surface area contributed by atoms with E-state index in [0.29, 0.717) is 27.6 Å². The van der Waals surface area contributed by atoms with Crippen molar-refractivity contribution in [3.8, 4) is 18.4 Å². The summed E-state index contributed by atoms with van der Waals surface area (Å²) in [5, 5.41) is 24.7. The monoisotopic (exact) mass is 353 g/mol. The Morgan fingerprint density at radius 2 is 2.16 bits per heavy atom. The van der Waals surface area contributed by atoms with Crippen molar-refractivity contribution in [1.82, 2.24) is 5.32 Å². The molecule has 0 spiro atoms. The van der Waals surface area contributed by atoms with Gasteiger partial charge >= 0.3 is 0 Å². The van der Waals surface area contributed by atoms with Crippen molar-refractivity contribution >= 4 is 23.2 Å². The number of hydrogen-bond donors (Lipinski definition) is 1. The predicted octanol–water partition coefficient (Wildman–Crippen LogP) is 3.25. The van der Waals surface area contributed by atoms with Crippen LogP contribution in [0, 0.1) is 33.8 Å². The highest BCUT2D eigenvalue weighted by Crippen LogP contribution is 2.43. The first-order valence-electron chi connectivity index (χ1n) is 7.34. The van der Waals surface area contributed by atoms with Crippen molar-refractivity contribution < 1.29 is 9.72 Å². The predicted molar refractivity (Wildman–Crippen MR) is 96.3 cm³/mol. The molecule has 126 valence electrons. The Kier molecular flexibility index (Phi) is 5.63. The number of ketones is 1. The Balaban J connectivity index is 2.75. The van der Waals surface area contributed by atoms with Crippen LogP contribution in [0.3, 0.4) is 0 Å². The summed E-state index contributed by atoms with van der Waals surface area (Å²) in [7, 11) is 0. The Morgan fingerprint density at radius 3 is 2.72 bits per heavy atom. The number of nitro benzene ring substituents is 1. The Labute approximate surface area is 149 Å². The van der Waals surface area contributed by atoms with Crippen molar-refractivity contribution in [3.63, 3.8) is 0 Å². The number of nitrogens with zero attached hydrogens (tertiary/aromatic N) is 2. The van der Waals surface area contributed by atoms with Crippen LogP contribution in [0.25, 0.3) is 0 Å². The van der Waals surface area contributed by atoms with Crippen molar-refractivity contribution in [3.05, 3.63) is 61.8 Å². The second kappa shape index (κ2) is 7.69. The highest BCUT2D eigenvalue weighted by Gasteiger charge is 2.36. The van der Waals surface area contributed by atoms with Gasteiger partial charge in [-0.3, -0.25) is 14.9 Å². The molecule has 1 aromatic rings. The SMILES string of the molecule is C#CCSC1=C(C#N)C(c2ccccc2[N+](=O)[O-])C(C(C)=O)=C(C)N1. The molecule has 1 aliphatic rings. The van der Waals surface area contributed by atoms with Gasteiger partial charge < -0.3 is 5.32 Å². The van der Waals surface area contributed by atoms with E-state index in [4.69, 9.17) is 6.42 Å². The lowest BCUT2D eigenvalue weighted by molar-refractivity contribution is -0.385. The lowest BCUT2D eigenvalue weighted by atomic mass is 9.80. The first kappa shape index (κ1) is 18.3. The molecule has 1 unspecified atom stereocenters. The number of dihydropyridines is 1. The first-order valence-corrected chi connectivity index (χ1v) is 8.33. The van der Waals surface area contributed by atoms with Crippen LogP contribution < -0.4 is 5.32 Å². The molecule has 0 saturated heterocycles. The number of allylic oxidation sites excluding steroid dienone is 3. The summed E-state index contributed by atoms with van der Waals surface area (Å²) < 4.78 is 0. The van der Waals surface area contributed by atoms with E-state index in [9.17, 15) is 20.2 Å². The maximum atomic E-state index is 12.2. The quantitative estimate of drug-likeness (QED) is 0.496. The number of hydrogen-bond acceptors (Lipinski definition) is 6. The fourth-order valence-corrected chi connectivity index (χ4v) is 3.59. The molecule has 1 aromatic carbocycles. The van der Waals surface area contributed by atoms with E-state index in [1.165, 1.54) is 24.8 Å². The summed E-state index contributed by atoms with van der Waals surface area (Å²) in [5.74, 6) is 1.77. The molecule has 7 heteroatoms. The number of carbonyl (C=O) groups is 1. The standard InChI is InChI=1S/C18H15N3O3S/c1-4-9-25-18-14(10-19)17(16(12(3)22)11(2)20-18)13-7-5-6-8-15(13)21(23)24/h1,5-8,17,20H,9H2,2-3H3. The van der Waals surface area contributed by atoms with Crippen LogP contribution in [0.2, 0.25) is 0 Å². The van der Waals surface area contributed by atoms with Crippen molar-refractivity contribution in [2.45, 2.75) is 19.8 Å². The zero-order valence-electron chi connectivity index (χ0n) is 13.7. The second-order valence-corrected chi connectivity index (χ2v) is 6.30. The summed E-state index contributed by atoms with van der Waals surface area (Å²) in [5.41, 5.74) is 1.35. The van der Waals surface area contributed by atoms with E-state index in [-0.39, 0.29) is 17.0 Å². The lowest BCUT2D eigenvalue weighted by Crippen LogP contribution is -2.27. The molecule has 0 bridgehead atoms. The number of nitriles is 1. The molecule has 0 saturated carbocycles. The van der Waals surface area contributed by atoms with E-state index in [0.717, 1.165) is 0 Å². The van der Waals surface area contributed by atoms with Crippen molar-refractivity contribution in [2.24, 2.45) is 0 Å². The van der Waals surface area contributed by atoms with Gasteiger partial charge in [-0.25, -0.2) is 0 Å². The molecule has 0 radical (unpaired) electrons. The maximum Gasteiger partial charge on any atom is 0.273 e. The molecule has 25 heavy (non-hydrogen) atoms. The van der Waals surface area contributed by atoms with E-state index in [2.05, 4.69) is 17.3 Å². The minimum Gasteiger partial charge on any atom is -0.353 e. The fraction of sp³-hybridized carbons (Fsp3) is 0.222. The minimum absolute atomic E-state index is 0.130. The van der Waals surface area contributed by atoms with Gasteiger partial charge in [-0.05, 0) is 13.8 Å². The zero-order chi connectivity index (χ0) is 18.6. The molecule has 0 amide bonds. The number of nitro groups is 1. The molecular formula is C18H15N3O3S. The normalized spacial score (nSPS) is 16.7. The van der Waals surface area contributed by atoms with Gasteiger partial charge in [0.05, 0.1) is 33.3 Å². The van der Waals surface area contributed by atoms with Crippen LogP contribution in [0.5, 0.6) is 0 Å². The molecule has 1 N–H and O–H groups in total. The van der Waals surface area contributed by atoms with Gasteiger partial charge in [0.15, 0.2) is 5.78 Å². The number of para-hydroxylation sites is 1. The molecule has 2 rings (SSSR count). The summed E-state index contributed by atoms with van der Waals surface area (Å²) in [6, 6.07) is 8.25. The minimum atomic E-state index is -0.800. The lowest BCUT2D eigenvalue weighted by Gasteiger charge is -2.28. The number of Topliss-reactive ketones (excluding diaryl/α,β-unsaturated/α-hetero) is 1. The molecule has 0 aromatic heterocycles. The second-order valence-electron chi connectivity index (χ2n) is 5.32. The van der Waals surface area contributed by atoms with E-state index in [1.807, 2.05) is 0 Å². The largest absolute Gasteiger partial charge is 0.353 e. The van der Waals surface area contributed by atoms with Crippen LogP contribution >= 0.6 is 11.8 Å². The maximum absolute atomic E-state index is 12.2. The van der Waals surface area contributed by atoms with E-state index in [1.54, 1.807) is 25.1 Å². The number of carbonyl (C=O) groups excluding carboxylic acids is 1. The number of benzene rings is 1. The fourth-order valence-electron chi connectivity index (χ4n) is 2.82. The van der Waals surface area contributed by atoms with Gasteiger partial charge in [0, 0.05) is 22.9 Å². The zero-order valence-corrected chi connectivity index (χ0v) is 14.5. The van der Waals surface area contributed by atoms with Gasteiger partial charge in [-0.1, -0.05) is 35.9 Å². The van der Waals surface area contributed by atoms with Crippen molar-refractivity contribution in [2.75, 3.05) is 5.75 Å². The van der Waals surface area contributed by atoms with Crippen molar-refractivity contribution in [1.29, 1.82) is 5.26 Å². The van der Waals surface area contributed by atoms with Crippen LogP contribution in [-0.4, -0.2) is 16.5 Å². The third-order valence-electron chi connectivity index (χ3n) is 3.77. The number of thioether (sulfide) groups is 1. The van der Waals surface area contributed by atoms with Crippen LogP contribution in [0.4, 0.5) is 5.69 Å². The average Bonchev–Trinajstić information content (AvgIpc) is 2.58. The van der Waals surface area contributed by atoms with Gasteiger partial charge in [0.25, 0.3) is 5.69 Å². The molecule has 0 aliphatic carbocycles. The molecule has 1 heterocycles. The van der Waals surface area contributed by atoms with E-state index < -0.39 is 10.8 Å².